The predicted molar refractivity (Wildman–Crippen MR) is 37.6 cm³/mol. The van der Waals surface area contributed by atoms with E-state index < -0.39 is 6.17 Å². The lowest BCUT2D eigenvalue weighted by atomic mass is 10.2. The van der Waals surface area contributed by atoms with E-state index in [1.807, 2.05) is 6.92 Å². The van der Waals surface area contributed by atoms with Crippen LogP contribution in [-0.4, -0.2) is 6.17 Å². The summed E-state index contributed by atoms with van der Waals surface area (Å²) in [4.78, 5) is 0. The SMILES string of the molecule is CCC(F)Cc1ccco1. The third kappa shape index (κ3) is 1.87. The first kappa shape index (κ1) is 7.32. The van der Waals surface area contributed by atoms with Crippen LogP contribution in [0.3, 0.4) is 0 Å². The monoisotopic (exact) mass is 142 g/mol. The smallest absolute Gasteiger partial charge is 0.107 e. The highest BCUT2D eigenvalue weighted by Crippen LogP contribution is 2.08. The van der Waals surface area contributed by atoms with Crippen molar-refractivity contribution in [2.75, 3.05) is 0 Å². The standard InChI is InChI=1S/C8H11FO/c1-2-7(9)6-8-4-3-5-10-8/h3-5,7H,2,6H2,1H3. The summed E-state index contributed by atoms with van der Waals surface area (Å²) in [5, 5.41) is 0. The van der Waals surface area contributed by atoms with Crippen LogP contribution in [0, 0.1) is 0 Å². The lowest BCUT2D eigenvalue weighted by Gasteiger charge is -1.99. The second kappa shape index (κ2) is 3.40. The van der Waals surface area contributed by atoms with Crippen molar-refractivity contribution in [3.05, 3.63) is 24.2 Å². The van der Waals surface area contributed by atoms with Crippen LogP contribution in [0.2, 0.25) is 0 Å². The highest BCUT2D eigenvalue weighted by atomic mass is 19.1. The molecule has 1 aromatic rings. The summed E-state index contributed by atoms with van der Waals surface area (Å²) in [5.74, 6) is 0.731. The van der Waals surface area contributed by atoms with Crippen LogP contribution >= 0.6 is 0 Å². The first-order valence-electron chi connectivity index (χ1n) is 3.49. The van der Waals surface area contributed by atoms with Crippen LogP contribution in [0.4, 0.5) is 4.39 Å². The second-order valence-corrected chi connectivity index (χ2v) is 2.29. The maximum atomic E-state index is 12.6. The molecule has 0 aromatic carbocycles. The van der Waals surface area contributed by atoms with Gasteiger partial charge in [0.05, 0.1) is 6.26 Å². The van der Waals surface area contributed by atoms with Gasteiger partial charge in [0, 0.05) is 6.42 Å². The number of rotatable bonds is 3. The summed E-state index contributed by atoms with van der Waals surface area (Å²) >= 11 is 0. The lowest BCUT2D eigenvalue weighted by Crippen LogP contribution is -2.00. The van der Waals surface area contributed by atoms with Gasteiger partial charge in [0.1, 0.15) is 11.9 Å². The van der Waals surface area contributed by atoms with E-state index >= 15 is 0 Å². The third-order valence-electron chi connectivity index (χ3n) is 1.45. The van der Waals surface area contributed by atoms with Crippen molar-refractivity contribution in [3.8, 4) is 0 Å². The average Bonchev–Trinajstić information content (AvgIpc) is 2.40. The van der Waals surface area contributed by atoms with Crippen LogP contribution in [0.5, 0.6) is 0 Å². The van der Waals surface area contributed by atoms with E-state index in [-0.39, 0.29) is 0 Å². The molecule has 0 aliphatic carbocycles. The van der Waals surface area contributed by atoms with E-state index in [9.17, 15) is 4.39 Å². The molecular weight excluding hydrogens is 131 g/mol. The molecule has 1 atom stereocenters. The molecule has 1 aromatic heterocycles. The average molecular weight is 142 g/mol. The lowest BCUT2D eigenvalue weighted by molar-refractivity contribution is 0.304. The van der Waals surface area contributed by atoms with Gasteiger partial charge >= 0.3 is 0 Å². The molecule has 0 amide bonds. The zero-order chi connectivity index (χ0) is 7.40. The first-order chi connectivity index (χ1) is 4.83. The summed E-state index contributed by atoms with van der Waals surface area (Å²) in [6.07, 6.45) is 1.77. The first-order valence-corrected chi connectivity index (χ1v) is 3.49. The molecule has 0 spiro atoms. The molecule has 1 unspecified atom stereocenters. The number of furan rings is 1. The summed E-state index contributed by atoms with van der Waals surface area (Å²) in [7, 11) is 0. The number of alkyl halides is 1. The van der Waals surface area contributed by atoms with Crippen molar-refractivity contribution < 1.29 is 8.81 Å². The Balaban J connectivity index is 2.40. The molecule has 0 bridgehead atoms. The van der Waals surface area contributed by atoms with Crippen molar-refractivity contribution >= 4 is 0 Å². The van der Waals surface area contributed by atoms with Crippen LogP contribution in [0.25, 0.3) is 0 Å². The fraction of sp³-hybridized carbons (Fsp3) is 0.500. The van der Waals surface area contributed by atoms with Crippen LogP contribution in [-0.2, 0) is 6.42 Å². The fourth-order valence-corrected chi connectivity index (χ4v) is 0.791. The van der Waals surface area contributed by atoms with Gasteiger partial charge in [-0.2, -0.15) is 0 Å². The van der Waals surface area contributed by atoms with Gasteiger partial charge in [0.2, 0.25) is 0 Å². The summed E-state index contributed by atoms with van der Waals surface area (Å²) in [5.41, 5.74) is 0. The molecule has 2 heteroatoms. The maximum Gasteiger partial charge on any atom is 0.107 e. The van der Waals surface area contributed by atoms with Crippen LogP contribution < -0.4 is 0 Å². The van der Waals surface area contributed by atoms with Gasteiger partial charge in [-0.3, -0.25) is 0 Å². The molecule has 0 saturated heterocycles. The molecule has 0 N–H and O–H groups in total. The Morgan fingerprint density at radius 1 is 1.70 bits per heavy atom. The minimum Gasteiger partial charge on any atom is -0.469 e. The van der Waals surface area contributed by atoms with E-state index in [1.165, 1.54) is 0 Å². The maximum absolute atomic E-state index is 12.6. The van der Waals surface area contributed by atoms with E-state index in [1.54, 1.807) is 18.4 Å². The van der Waals surface area contributed by atoms with Gasteiger partial charge in [-0.15, -0.1) is 0 Å². The van der Waals surface area contributed by atoms with Gasteiger partial charge < -0.3 is 4.42 Å². The van der Waals surface area contributed by atoms with Gasteiger partial charge in [-0.1, -0.05) is 6.92 Å². The molecule has 1 rings (SSSR count). The third-order valence-corrected chi connectivity index (χ3v) is 1.45. The quantitative estimate of drug-likeness (QED) is 0.632. The Morgan fingerprint density at radius 2 is 2.50 bits per heavy atom. The van der Waals surface area contributed by atoms with Crippen LogP contribution in [0.15, 0.2) is 22.8 Å². The number of halogens is 1. The number of hydrogen-bond donors (Lipinski definition) is 0. The number of hydrogen-bond acceptors (Lipinski definition) is 1. The van der Waals surface area contributed by atoms with E-state index in [2.05, 4.69) is 0 Å². The Bertz CT molecular complexity index is 169. The van der Waals surface area contributed by atoms with Crippen molar-refractivity contribution in [3.63, 3.8) is 0 Å². The Labute approximate surface area is 59.9 Å². The zero-order valence-electron chi connectivity index (χ0n) is 6.01. The molecule has 1 nitrogen and oxygen atoms in total. The highest BCUT2D eigenvalue weighted by molar-refractivity contribution is 4.99. The minimum absolute atomic E-state index is 0.406. The van der Waals surface area contributed by atoms with Gasteiger partial charge in [0.25, 0.3) is 0 Å². The predicted octanol–water partition coefficient (Wildman–Crippen LogP) is 2.57. The molecule has 0 radical (unpaired) electrons. The minimum atomic E-state index is -0.758. The summed E-state index contributed by atoms with van der Waals surface area (Å²) in [6.45, 7) is 1.83. The van der Waals surface area contributed by atoms with Gasteiger partial charge in [0.15, 0.2) is 0 Å². The highest BCUT2D eigenvalue weighted by Gasteiger charge is 2.05. The normalized spacial score (nSPS) is 13.4. The summed E-state index contributed by atoms with van der Waals surface area (Å²) in [6, 6.07) is 3.57. The van der Waals surface area contributed by atoms with Gasteiger partial charge in [-0.25, -0.2) is 4.39 Å². The molecule has 1 heterocycles. The Morgan fingerprint density at radius 3 is 3.00 bits per heavy atom. The van der Waals surface area contributed by atoms with Gasteiger partial charge in [-0.05, 0) is 18.6 Å². The zero-order valence-corrected chi connectivity index (χ0v) is 6.01. The molecule has 0 saturated carbocycles. The molecular formula is C8H11FO. The summed E-state index contributed by atoms with van der Waals surface area (Å²) < 4.78 is 17.6. The molecule has 0 fully saturated rings. The molecule has 56 valence electrons. The molecule has 0 aliphatic heterocycles. The molecule has 0 aliphatic rings. The Kier molecular flexibility index (Phi) is 2.49. The van der Waals surface area contributed by atoms with E-state index in [0.717, 1.165) is 5.76 Å². The van der Waals surface area contributed by atoms with Crippen molar-refractivity contribution in [2.45, 2.75) is 25.9 Å². The van der Waals surface area contributed by atoms with E-state index in [4.69, 9.17) is 4.42 Å². The van der Waals surface area contributed by atoms with Crippen molar-refractivity contribution in [1.82, 2.24) is 0 Å². The van der Waals surface area contributed by atoms with E-state index in [0.29, 0.717) is 12.8 Å². The van der Waals surface area contributed by atoms with Crippen molar-refractivity contribution in [2.24, 2.45) is 0 Å². The second-order valence-electron chi connectivity index (χ2n) is 2.29. The topological polar surface area (TPSA) is 13.1 Å². The molecule has 10 heavy (non-hydrogen) atoms. The Hall–Kier alpha value is -0.790. The van der Waals surface area contributed by atoms with Crippen molar-refractivity contribution in [1.29, 1.82) is 0 Å². The largest absolute Gasteiger partial charge is 0.469 e. The van der Waals surface area contributed by atoms with Crippen LogP contribution in [0.1, 0.15) is 19.1 Å². The fourth-order valence-electron chi connectivity index (χ4n) is 0.791.